The second-order valence-electron chi connectivity index (χ2n) is 6.70. The molecule has 2 aromatic rings. The molecule has 0 radical (unpaired) electrons. The molecule has 6 nitrogen and oxygen atoms in total. The SMILES string of the molecule is Cc1ccccc1NC(=O)CC[C@H]1NC(=O)N([C@H](C)c2ccccc2)C1=O. The zero-order valence-electron chi connectivity index (χ0n) is 15.4. The second kappa shape index (κ2) is 8.03. The number of aryl methyl sites for hydroxylation is 1. The molecule has 0 aromatic heterocycles. The monoisotopic (exact) mass is 365 g/mol. The van der Waals surface area contributed by atoms with Crippen molar-refractivity contribution in [2.75, 3.05) is 5.32 Å². The Labute approximate surface area is 158 Å². The highest BCUT2D eigenvalue weighted by molar-refractivity contribution is 6.05. The first-order valence-corrected chi connectivity index (χ1v) is 9.01. The summed E-state index contributed by atoms with van der Waals surface area (Å²) in [5, 5.41) is 5.54. The molecule has 1 saturated heterocycles. The van der Waals surface area contributed by atoms with Crippen molar-refractivity contribution in [2.45, 2.75) is 38.8 Å². The van der Waals surface area contributed by atoms with Crippen molar-refractivity contribution in [3.63, 3.8) is 0 Å². The lowest BCUT2D eigenvalue weighted by Crippen LogP contribution is -2.34. The fourth-order valence-electron chi connectivity index (χ4n) is 3.19. The molecule has 140 valence electrons. The first kappa shape index (κ1) is 18.6. The van der Waals surface area contributed by atoms with E-state index in [1.165, 1.54) is 4.90 Å². The topological polar surface area (TPSA) is 78.5 Å². The quantitative estimate of drug-likeness (QED) is 0.770. The number of benzene rings is 2. The van der Waals surface area contributed by atoms with Gasteiger partial charge >= 0.3 is 6.03 Å². The predicted molar refractivity (Wildman–Crippen MR) is 103 cm³/mol. The number of rotatable bonds is 6. The van der Waals surface area contributed by atoms with E-state index in [4.69, 9.17) is 0 Å². The van der Waals surface area contributed by atoms with Crippen LogP contribution in [-0.4, -0.2) is 28.8 Å². The summed E-state index contributed by atoms with van der Waals surface area (Å²) in [5.74, 6) is -0.471. The molecular weight excluding hydrogens is 342 g/mol. The number of para-hydroxylation sites is 1. The largest absolute Gasteiger partial charge is 0.326 e. The van der Waals surface area contributed by atoms with Crippen LogP contribution in [0.2, 0.25) is 0 Å². The number of carbonyl (C=O) groups is 3. The number of hydrogen-bond donors (Lipinski definition) is 2. The van der Waals surface area contributed by atoms with Crippen molar-refractivity contribution in [2.24, 2.45) is 0 Å². The van der Waals surface area contributed by atoms with Crippen molar-refractivity contribution in [1.82, 2.24) is 10.2 Å². The first-order chi connectivity index (χ1) is 13.0. The van der Waals surface area contributed by atoms with E-state index >= 15 is 0 Å². The first-order valence-electron chi connectivity index (χ1n) is 9.01. The van der Waals surface area contributed by atoms with Crippen molar-refractivity contribution in [3.05, 3.63) is 65.7 Å². The van der Waals surface area contributed by atoms with E-state index in [1.54, 1.807) is 0 Å². The van der Waals surface area contributed by atoms with E-state index in [-0.39, 0.29) is 30.7 Å². The summed E-state index contributed by atoms with van der Waals surface area (Å²) in [6.45, 7) is 3.74. The fraction of sp³-hybridized carbons (Fsp3) is 0.286. The normalized spacial score (nSPS) is 17.6. The zero-order chi connectivity index (χ0) is 19.4. The van der Waals surface area contributed by atoms with Crippen LogP contribution in [0.4, 0.5) is 10.5 Å². The van der Waals surface area contributed by atoms with Gasteiger partial charge in [0.1, 0.15) is 6.04 Å². The molecule has 1 heterocycles. The van der Waals surface area contributed by atoms with Crippen LogP contribution in [0.15, 0.2) is 54.6 Å². The molecule has 1 aliphatic heterocycles. The fourth-order valence-corrected chi connectivity index (χ4v) is 3.19. The van der Waals surface area contributed by atoms with Gasteiger partial charge in [0.2, 0.25) is 5.91 Å². The van der Waals surface area contributed by atoms with Crippen molar-refractivity contribution >= 4 is 23.5 Å². The summed E-state index contributed by atoms with van der Waals surface area (Å²) in [7, 11) is 0. The van der Waals surface area contributed by atoms with Gasteiger partial charge in [0.25, 0.3) is 5.91 Å². The number of imide groups is 1. The standard InChI is InChI=1S/C21H23N3O3/c1-14-8-6-7-11-17(14)22-19(25)13-12-18-20(26)24(21(27)23-18)15(2)16-9-4-3-5-10-16/h3-11,15,18H,12-13H2,1-2H3,(H,22,25)(H,23,27)/t15-,18-/m1/s1. The molecule has 0 saturated carbocycles. The van der Waals surface area contributed by atoms with Crippen LogP contribution in [0.1, 0.15) is 36.9 Å². The van der Waals surface area contributed by atoms with Gasteiger partial charge in [-0.15, -0.1) is 0 Å². The van der Waals surface area contributed by atoms with E-state index < -0.39 is 12.1 Å². The summed E-state index contributed by atoms with van der Waals surface area (Å²) in [6, 6.07) is 15.5. The van der Waals surface area contributed by atoms with E-state index in [2.05, 4.69) is 10.6 Å². The van der Waals surface area contributed by atoms with E-state index in [0.29, 0.717) is 0 Å². The molecule has 4 amide bonds. The average molecular weight is 365 g/mol. The van der Waals surface area contributed by atoms with Gasteiger partial charge in [-0.2, -0.15) is 0 Å². The number of nitrogens with zero attached hydrogens (tertiary/aromatic N) is 1. The lowest BCUT2D eigenvalue weighted by atomic mass is 10.1. The number of nitrogens with one attached hydrogen (secondary N) is 2. The molecule has 0 bridgehead atoms. The van der Waals surface area contributed by atoms with E-state index in [0.717, 1.165) is 16.8 Å². The molecule has 27 heavy (non-hydrogen) atoms. The Morgan fingerprint density at radius 3 is 2.48 bits per heavy atom. The Bertz CT molecular complexity index is 851. The Morgan fingerprint density at radius 1 is 1.11 bits per heavy atom. The Hall–Kier alpha value is -3.15. The third kappa shape index (κ3) is 4.16. The molecule has 0 unspecified atom stereocenters. The molecule has 2 atom stereocenters. The van der Waals surface area contributed by atoms with Gasteiger partial charge in [-0.25, -0.2) is 4.79 Å². The molecule has 6 heteroatoms. The highest BCUT2D eigenvalue weighted by Gasteiger charge is 2.40. The van der Waals surface area contributed by atoms with Crippen molar-refractivity contribution in [3.8, 4) is 0 Å². The third-order valence-corrected chi connectivity index (χ3v) is 4.80. The van der Waals surface area contributed by atoms with Crippen molar-refractivity contribution in [1.29, 1.82) is 0 Å². The highest BCUT2D eigenvalue weighted by atomic mass is 16.2. The smallest absolute Gasteiger partial charge is 0.325 e. The average Bonchev–Trinajstić information content (AvgIpc) is 2.95. The van der Waals surface area contributed by atoms with Gasteiger partial charge < -0.3 is 10.6 Å². The number of carbonyl (C=O) groups excluding carboxylic acids is 3. The van der Waals surface area contributed by atoms with Crippen LogP contribution in [0.5, 0.6) is 0 Å². The van der Waals surface area contributed by atoms with Crippen LogP contribution < -0.4 is 10.6 Å². The summed E-state index contributed by atoms with van der Waals surface area (Å²) in [4.78, 5) is 38.4. The maximum absolute atomic E-state index is 12.7. The zero-order valence-corrected chi connectivity index (χ0v) is 15.4. The lowest BCUT2D eigenvalue weighted by Gasteiger charge is -2.21. The number of anilines is 1. The molecule has 2 aromatic carbocycles. The molecule has 0 aliphatic carbocycles. The number of urea groups is 1. The maximum atomic E-state index is 12.7. The van der Waals surface area contributed by atoms with Crippen LogP contribution >= 0.6 is 0 Å². The summed E-state index contributed by atoms with van der Waals surface area (Å²) < 4.78 is 0. The number of amides is 4. The van der Waals surface area contributed by atoms with Gasteiger partial charge in [0, 0.05) is 12.1 Å². The van der Waals surface area contributed by atoms with Crippen LogP contribution in [0.3, 0.4) is 0 Å². The Morgan fingerprint density at radius 2 is 1.78 bits per heavy atom. The molecule has 3 rings (SSSR count). The number of hydrogen-bond acceptors (Lipinski definition) is 3. The maximum Gasteiger partial charge on any atom is 0.325 e. The van der Waals surface area contributed by atoms with Gasteiger partial charge in [-0.05, 0) is 37.5 Å². The van der Waals surface area contributed by atoms with Crippen LogP contribution in [-0.2, 0) is 9.59 Å². The molecule has 0 spiro atoms. The Balaban J connectivity index is 1.59. The summed E-state index contributed by atoms with van der Waals surface area (Å²) in [5.41, 5.74) is 2.61. The molecule has 2 N–H and O–H groups in total. The van der Waals surface area contributed by atoms with E-state index in [9.17, 15) is 14.4 Å². The molecular formula is C21H23N3O3. The predicted octanol–water partition coefficient (Wildman–Crippen LogP) is 3.40. The molecule has 1 fully saturated rings. The van der Waals surface area contributed by atoms with Gasteiger partial charge in [-0.1, -0.05) is 48.5 Å². The molecule has 1 aliphatic rings. The summed E-state index contributed by atoms with van der Waals surface area (Å²) >= 11 is 0. The minimum absolute atomic E-state index is 0.151. The van der Waals surface area contributed by atoms with Gasteiger partial charge in [0.15, 0.2) is 0 Å². The van der Waals surface area contributed by atoms with Crippen molar-refractivity contribution < 1.29 is 14.4 Å². The summed E-state index contributed by atoms with van der Waals surface area (Å²) in [6.07, 6.45) is 0.416. The third-order valence-electron chi connectivity index (χ3n) is 4.80. The van der Waals surface area contributed by atoms with Crippen LogP contribution in [0, 0.1) is 6.92 Å². The lowest BCUT2D eigenvalue weighted by molar-refractivity contribution is -0.129. The Kier molecular flexibility index (Phi) is 5.54. The van der Waals surface area contributed by atoms with Gasteiger partial charge in [0.05, 0.1) is 6.04 Å². The minimum Gasteiger partial charge on any atom is -0.326 e. The minimum atomic E-state index is -0.675. The van der Waals surface area contributed by atoms with E-state index in [1.807, 2.05) is 68.4 Å². The van der Waals surface area contributed by atoms with Crippen LogP contribution in [0.25, 0.3) is 0 Å². The highest BCUT2D eigenvalue weighted by Crippen LogP contribution is 2.25. The second-order valence-corrected chi connectivity index (χ2v) is 6.70. The van der Waals surface area contributed by atoms with Gasteiger partial charge in [-0.3, -0.25) is 14.5 Å².